The predicted octanol–water partition coefficient (Wildman–Crippen LogP) is 16.7. The van der Waals surface area contributed by atoms with E-state index < -0.39 is 0 Å². The molecule has 10 aromatic carbocycles. The highest BCUT2D eigenvalue weighted by Gasteiger charge is 2.35. The molecule has 2 nitrogen and oxygen atoms in total. The van der Waals surface area contributed by atoms with Gasteiger partial charge in [0.2, 0.25) is 0 Å². The number of benzene rings is 10. The van der Waals surface area contributed by atoms with Crippen LogP contribution in [0.2, 0.25) is 0 Å². The summed E-state index contributed by atoms with van der Waals surface area (Å²) in [5.74, 6) is 0. The minimum Gasteiger partial charge on any atom is -0.456 e. The van der Waals surface area contributed by atoms with Crippen molar-refractivity contribution in [3.8, 4) is 44.5 Å². The van der Waals surface area contributed by atoms with Crippen LogP contribution in [0.3, 0.4) is 0 Å². The Morgan fingerprint density at radius 2 is 0.984 bits per heavy atom. The van der Waals surface area contributed by atoms with Crippen molar-refractivity contribution in [3.05, 3.63) is 223 Å². The fourth-order valence-corrected chi connectivity index (χ4v) is 10.1. The van der Waals surface area contributed by atoms with Crippen LogP contribution in [-0.4, -0.2) is 0 Å². The van der Waals surface area contributed by atoms with Gasteiger partial charge in [0, 0.05) is 39.2 Å². The summed E-state index contributed by atoms with van der Waals surface area (Å²) in [6.45, 7) is 4.73. The van der Waals surface area contributed by atoms with E-state index in [2.05, 4.69) is 225 Å². The minimum atomic E-state index is -0.135. The van der Waals surface area contributed by atoms with Crippen LogP contribution in [0.5, 0.6) is 0 Å². The first-order valence-electron chi connectivity index (χ1n) is 21.2. The first-order valence-corrected chi connectivity index (χ1v) is 21.2. The number of nitrogens with zero attached hydrogens (tertiary/aromatic N) is 1. The van der Waals surface area contributed by atoms with Gasteiger partial charge >= 0.3 is 0 Å². The molecule has 0 spiro atoms. The molecule has 0 N–H and O–H groups in total. The van der Waals surface area contributed by atoms with E-state index in [4.69, 9.17) is 4.42 Å². The van der Waals surface area contributed by atoms with Gasteiger partial charge in [-0.1, -0.05) is 172 Å². The smallest absolute Gasteiger partial charge is 0.137 e. The summed E-state index contributed by atoms with van der Waals surface area (Å²) >= 11 is 0. The van der Waals surface area contributed by atoms with E-state index in [1.807, 2.05) is 6.07 Å². The Bertz CT molecular complexity index is 3500. The van der Waals surface area contributed by atoms with E-state index in [1.165, 1.54) is 77.2 Å². The number of rotatable bonds is 6. The normalized spacial score (nSPS) is 12.9. The number of para-hydroxylation sites is 1. The Balaban J connectivity index is 1.16. The topological polar surface area (TPSA) is 16.4 Å². The molecule has 0 saturated heterocycles. The molecule has 12 rings (SSSR count). The second-order valence-corrected chi connectivity index (χ2v) is 16.8. The van der Waals surface area contributed by atoms with E-state index in [-0.39, 0.29) is 5.41 Å². The number of fused-ring (bicyclic) bond motifs is 9. The van der Waals surface area contributed by atoms with Gasteiger partial charge in [0.15, 0.2) is 0 Å². The molecule has 0 atom stereocenters. The van der Waals surface area contributed by atoms with Crippen LogP contribution >= 0.6 is 0 Å². The van der Waals surface area contributed by atoms with Gasteiger partial charge in [0.05, 0.1) is 5.69 Å². The Kier molecular flexibility index (Phi) is 7.92. The number of hydrogen-bond acceptors (Lipinski definition) is 2. The monoisotopic (exact) mass is 779 g/mol. The van der Waals surface area contributed by atoms with Crippen LogP contribution in [0.15, 0.2) is 217 Å². The summed E-state index contributed by atoms with van der Waals surface area (Å²) in [7, 11) is 0. The van der Waals surface area contributed by atoms with Crippen molar-refractivity contribution in [2.45, 2.75) is 19.3 Å². The third-order valence-corrected chi connectivity index (χ3v) is 13.1. The standard InChI is InChI=1S/C59H41NO/c1-59(2)53-24-12-10-21-48(53)49-33-29-41(36-54(49)59)45-23-14-25-55(58(45)52-35-40-17-6-7-18-44(40)46-19-8-9-20-47(46)52)60(42-30-27-39(28-31-42)38-15-4-3-5-16-38)43-32-34-51-50-22-11-13-26-56(50)61-57(51)37-43/h3-37H,1-2H3. The molecule has 0 saturated carbocycles. The molecule has 1 heterocycles. The van der Waals surface area contributed by atoms with Gasteiger partial charge in [-0.3, -0.25) is 0 Å². The van der Waals surface area contributed by atoms with Gasteiger partial charge in [-0.25, -0.2) is 0 Å². The maximum absolute atomic E-state index is 6.57. The molecule has 0 radical (unpaired) electrons. The average molecular weight is 780 g/mol. The lowest BCUT2D eigenvalue weighted by molar-refractivity contribution is 0.660. The summed E-state index contributed by atoms with van der Waals surface area (Å²) in [5.41, 5.74) is 17.3. The van der Waals surface area contributed by atoms with Gasteiger partial charge in [0.1, 0.15) is 11.2 Å². The van der Waals surface area contributed by atoms with Gasteiger partial charge < -0.3 is 9.32 Å². The van der Waals surface area contributed by atoms with Crippen LogP contribution in [0.4, 0.5) is 17.1 Å². The summed E-state index contributed by atoms with van der Waals surface area (Å²) < 4.78 is 6.57. The highest BCUT2D eigenvalue weighted by Crippen LogP contribution is 2.53. The van der Waals surface area contributed by atoms with Gasteiger partial charge in [-0.05, 0) is 120 Å². The zero-order valence-electron chi connectivity index (χ0n) is 34.1. The summed E-state index contributed by atoms with van der Waals surface area (Å²) in [5, 5.41) is 7.15. The van der Waals surface area contributed by atoms with Crippen LogP contribution in [0.25, 0.3) is 88.0 Å². The summed E-state index contributed by atoms with van der Waals surface area (Å²) in [6.07, 6.45) is 0. The molecule has 0 aliphatic heterocycles. The van der Waals surface area contributed by atoms with E-state index >= 15 is 0 Å². The molecule has 0 unspecified atom stereocenters. The quantitative estimate of drug-likeness (QED) is 0.156. The molecule has 0 fully saturated rings. The van der Waals surface area contributed by atoms with Crippen molar-refractivity contribution in [2.75, 3.05) is 4.90 Å². The van der Waals surface area contributed by atoms with Crippen molar-refractivity contribution < 1.29 is 4.42 Å². The molecule has 1 aliphatic carbocycles. The third-order valence-electron chi connectivity index (χ3n) is 13.1. The Morgan fingerprint density at radius 1 is 0.361 bits per heavy atom. The fourth-order valence-electron chi connectivity index (χ4n) is 10.1. The first-order chi connectivity index (χ1) is 30.0. The van der Waals surface area contributed by atoms with Crippen molar-refractivity contribution in [1.82, 2.24) is 0 Å². The van der Waals surface area contributed by atoms with Crippen molar-refractivity contribution in [2.24, 2.45) is 0 Å². The predicted molar refractivity (Wildman–Crippen MR) is 257 cm³/mol. The second kappa shape index (κ2) is 13.7. The van der Waals surface area contributed by atoms with Crippen LogP contribution in [0.1, 0.15) is 25.0 Å². The minimum absolute atomic E-state index is 0.135. The molecule has 0 amide bonds. The van der Waals surface area contributed by atoms with Gasteiger partial charge in [-0.15, -0.1) is 0 Å². The molecule has 11 aromatic rings. The van der Waals surface area contributed by atoms with E-state index in [0.29, 0.717) is 0 Å². The molecule has 1 aliphatic rings. The van der Waals surface area contributed by atoms with Crippen molar-refractivity contribution in [1.29, 1.82) is 0 Å². The largest absolute Gasteiger partial charge is 0.456 e. The number of hydrogen-bond donors (Lipinski definition) is 0. The van der Waals surface area contributed by atoms with E-state index in [1.54, 1.807) is 0 Å². The average Bonchev–Trinajstić information content (AvgIpc) is 3.80. The zero-order chi connectivity index (χ0) is 40.7. The highest BCUT2D eigenvalue weighted by molar-refractivity contribution is 6.17. The fraction of sp³-hybridized carbons (Fsp3) is 0.0508. The molecule has 1 aromatic heterocycles. The third kappa shape index (κ3) is 5.56. The summed E-state index contributed by atoms with van der Waals surface area (Å²) in [4.78, 5) is 2.43. The van der Waals surface area contributed by atoms with Crippen LogP contribution < -0.4 is 4.90 Å². The Morgan fingerprint density at radius 3 is 1.84 bits per heavy atom. The molecule has 61 heavy (non-hydrogen) atoms. The maximum Gasteiger partial charge on any atom is 0.137 e. The van der Waals surface area contributed by atoms with E-state index in [0.717, 1.165) is 39.0 Å². The lowest BCUT2D eigenvalue weighted by atomic mass is 9.81. The lowest BCUT2D eigenvalue weighted by Crippen LogP contribution is -2.15. The Hall–Kier alpha value is -7.68. The maximum atomic E-state index is 6.57. The van der Waals surface area contributed by atoms with E-state index in [9.17, 15) is 0 Å². The SMILES string of the molecule is CC1(C)c2ccccc2-c2ccc(-c3cccc(N(c4ccc(-c5ccccc5)cc4)c4ccc5c(c4)oc4ccccc45)c3-c3cc4ccccc4c4ccccc34)cc21. The van der Waals surface area contributed by atoms with Crippen LogP contribution in [-0.2, 0) is 5.41 Å². The first kappa shape index (κ1) is 35.3. The van der Waals surface area contributed by atoms with Crippen molar-refractivity contribution in [3.63, 3.8) is 0 Å². The lowest BCUT2D eigenvalue weighted by Gasteiger charge is -2.30. The van der Waals surface area contributed by atoms with Crippen LogP contribution in [0, 0.1) is 0 Å². The Labute approximate surface area is 355 Å². The van der Waals surface area contributed by atoms with Gasteiger partial charge in [0.25, 0.3) is 0 Å². The molecular formula is C59H41NO. The molecule has 288 valence electrons. The van der Waals surface area contributed by atoms with Gasteiger partial charge in [-0.2, -0.15) is 0 Å². The number of anilines is 3. The number of furan rings is 1. The highest BCUT2D eigenvalue weighted by atomic mass is 16.3. The zero-order valence-corrected chi connectivity index (χ0v) is 34.1. The molecule has 2 heteroatoms. The molecule has 0 bridgehead atoms. The summed E-state index contributed by atoms with van der Waals surface area (Å²) in [6, 6.07) is 77.6. The second-order valence-electron chi connectivity index (χ2n) is 16.8. The molecular weight excluding hydrogens is 739 g/mol. The van der Waals surface area contributed by atoms with Crippen molar-refractivity contribution >= 4 is 60.5 Å².